The minimum absolute atomic E-state index is 0.268. The monoisotopic (exact) mass is 230 g/mol. The third kappa shape index (κ3) is 3.13. The summed E-state index contributed by atoms with van der Waals surface area (Å²) < 4.78 is 5.12. The molecule has 1 N–H and O–H groups in total. The van der Waals surface area contributed by atoms with E-state index in [0.717, 1.165) is 37.1 Å². The molecule has 0 saturated heterocycles. The number of hydrogen-bond donors (Lipinski definition) is 1. The Balaban J connectivity index is 1.87. The van der Waals surface area contributed by atoms with Crippen LogP contribution < -0.4 is 10.1 Å². The first-order chi connectivity index (χ1) is 8.31. The minimum atomic E-state index is 0.268. The lowest BCUT2D eigenvalue weighted by Crippen LogP contribution is -2.25. The van der Waals surface area contributed by atoms with E-state index < -0.39 is 0 Å². The van der Waals surface area contributed by atoms with Crippen molar-refractivity contribution >= 4 is 5.69 Å². The second-order valence-electron chi connectivity index (χ2n) is 4.55. The molecule has 0 bridgehead atoms. The largest absolute Gasteiger partial charge is 0.497 e. The highest BCUT2D eigenvalue weighted by Crippen LogP contribution is 2.26. The smallest absolute Gasteiger partial charge is 0.119 e. The number of benzene rings is 1. The van der Waals surface area contributed by atoms with E-state index in [9.17, 15) is 0 Å². The number of nitrogens with zero attached hydrogens (tertiary/aromatic N) is 1. The highest BCUT2D eigenvalue weighted by Gasteiger charge is 2.20. The zero-order valence-electron chi connectivity index (χ0n) is 10.1. The second-order valence-corrected chi connectivity index (χ2v) is 4.55. The van der Waals surface area contributed by atoms with Crippen LogP contribution in [0.2, 0.25) is 0 Å². The maximum absolute atomic E-state index is 8.84. The lowest BCUT2D eigenvalue weighted by molar-refractivity contribution is 0.397. The van der Waals surface area contributed by atoms with Gasteiger partial charge < -0.3 is 10.1 Å². The van der Waals surface area contributed by atoms with Crippen LogP contribution in [0.25, 0.3) is 0 Å². The van der Waals surface area contributed by atoms with Gasteiger partial charge in [0.05, 0.1) is 13.2 Å². The predicted octanol–water partition coefficient (Wildman–Crippen LogP) is 3.19. The van der Waals surface area contributed by atoms with Gasteiger partial charge in [0, 0.05) is 17.6 Å². The molecule has 0 heterocycles. The van der Waals surface area contributed by atoms with Gasteiger partial charge in [-0.15, -0.1) is 0 Å². The van der Waals surface area contributed by atoms with Crippen LogP contribution in [0, 0.1) is 17.2 Å². The molecule has 1 aromatic carbocycles. The number of nitriles is 1. The summed E-state index contributed by atoms with van der Waals surface area (Å²) in [5, 5.41) is 12.4. The zero-order chi connectivity index (χ0) is 12.1. The molecule has 1 aromatic rings. The molecule has 0 amide bonds. The van der Waals surface area contributed by atoms with E-state index in [4.69, 9.17) is 10.00 Å². The van der Waals surface area contributed by atoms with E-state index in [2.05, 4.69) is 11.4 Å². The number of nitrogens with one attached hydrogen (secondary N) is 1. The van der Waals surface area contributed by atoms with Crippen molar-refractivity contribution in [2.24, 2.45) is 5.92 Å². The molecule has 1 saturated carbocycles. The fraction of sp³-hybridized carbons (Fsp3) is 0.500. The molecule has 2 rings (SSSR count). The summed E-state index contributed by atoms with van der Waals surface area (Å²) in [5.74, 6) is 1.15. The number of anilines is 1. The predicted molar refractivity (Wildman–Crippen MR) is 68.0 cm³/mol. The Labute approximate surface area is 102 Å². The summed E-state index contributed by atoms with van der Waals surface area (Å²) in [5.41, 5.74) is 1.13. The first-order valence-corrected chi connectivity index (χ1v) is 6.12. The van der Waals surface area contributed by atoms with Gasteiger partial charge in [-0.1, -0.05) is 0 Å². The Hall–Kier alpha value is -1.69. The highest BCUT2D eigenvalue weighted by molar-refractivity contribution is 5.47. The summed E-state index contributed by atoms with van der Waals surface area (Å²) in [6, 6.07) is 10.9. The van der Waals surface area contributed by atoms with E-state index >= 15 is 0 Å². The van der Waals surface area contributed by atoms with Gasteiger partial charge in [0.15, 0.2) is 0 Å². The Morgan fingerprint density at radius 2 is 1.82 bits per heavy atom. The van der Waals surface area contributed by atoms with Gasteiger partial charge in [-0.3, -0.25) is 0 Å². The molecule has 17 heavy (non-hydrogen) atoms. The minimum Gasteiger partial charge on any atom is -0.497 e. The lowest BCUT2D eigenvalue weighted by Gasteiger charge is -2.26. The molecule has 0 radical (unpaired) electrons. The van der Waals surface area contributed by atoms with Crippen LogP contribution in [0.3, 0.4) is 0 Å². The Bertz CT molecular complexity index is 386. The number of ether oxygens (including phenoxy) is 1. The van der Waals surface area contributed by atoms with Crippen molar-refractivity contribution < 1.29 is 4.74 Å². The van der Waals surface area contributed by atoms with Crippen molar-refractivity contribution in [3.05, 3.63) is 24.3 Å². The number of hydrogen-bond acceptors (Lipinski definition) is 3. The van der Waals surface area contributed by atoms with Crippen LogP contribution in [-0.4, -0.2) is 13.2 Å². The Kier molecular flexibility index (Phi) is 3.87. The molecule has 0 spiro atoms. The molecule has 0 aromatic heterocycles. The van der Waals surface area contributed by atoms with Crippen molar-refractivity contribution in [2.45, 2.75) is 31.7 Å². The van der Waals surface area contributed by atoms with Gasteiger partial charge >= 0.3 is 0 Å². The molecule has 1 fully saturated rings. The van der Waals surface area contributed by atoms with E-state index in [0.29, 0.717) is 6.04 Å². The van der Waals surface area contributed by atoms with E-state index in [1.54, 1.807) is 7.11 Å². The van der Waals surface area contributed by atoms with Crippen LogP contribution in [0.1, 0.15) is 25.7 Å². The van der Waals surface area contributed by atoms with Gasteiger partial charge in [-0.2, -0.15) is 5.26 Å². The average Bonchev–Trinajstić information content (AvgIpc) is 2.40. The molecule has 1 aliphatic rings. The molecule has 1 aliphatic carbocycles. The Morgan fingerprint density at radius 1 is 1.18 bits per heavy atom. The second kappa shape index (κ2) is 5.58. The van der Waals surface area contributed by atoms with Crippen molar-refractivity contribution in [3.8, 4) is 11.8 Å². The van der Waals surface area contributed by atoms with Crippen LogP contribution in [-0.2, 0) is 0 Å². The topological polar surface area (TPSA) is 45.0 Å². The van der Waals surface area contributed by atoms with Gasteiger partial charge in [0.25, 0.3) is 0 Å². The Morgan fingerprint density at radius 3 is 2.35 bits per heavy atom. The quantitative estimate of drug-likeness (QED) is 0.867. The van der Waals surface area contributed by atoms with Crippen molar-refractivity contribution in [2.75, 3.05) is 12.4 Å². The van der Waals surface area contributed by atoms with Crippen molar-refractivity contribution in [3.63, 3.8) is 0 Å². The highest BCUT2D eigenvalue weighted by atomic mass is 16.5. The molecule has 0 unspecified atom stereocenters. The van der Waals surface area contributed by atoms with Crippen LogP contribution in [0.15, 0.2) is 24.3 Å². The van der Waals surface area contributed by atoms with Crippen molar-refractivity contribution in [1.82, 2.24) is 0 Å². The normalized spacial score (nSPS) is 23.8. The summed E-state index contributed by atoms with van der Waals surface area (Å²) in [7, 11) is 1.67. The third-order valence-corrected chi connectivity index (χ3v) is 3.37. The summed E-state index contributed by atoms with van der Waals surface area (Å²) in [4.78, 5) is 0. The first-order valence-electron chi connectivity index (χ1n) is 6.12. The molecule has 3 heteroatoms. The fourth-order valence-electron chi connectivity index (χ4n) is 2.29. The third-order valence-electron chi connectivity index (χ3n) is 3.37. The SMILES string of the molecule is COc1ccc(NC2CCC(C#N)CC2)cc1. The van der Waals surface area contributed by atoms with E-state index in [-0.39, 0.29) is 5.92 Å². The summed E-state index contributed by atoms with van der Waals surface area (Å²) in [6.45, 7) is 0. The first kappa shape index (κ1) is 11.8. The zero-order valence-corrected chi connectivity index (χ0v) is 10.1. The number of methoxy groups -OCH3 is 1. The van der Waals surface area contributed by atoms with Crippen LogP contribution >= 0.6 is 0 Å². The van der Waals surface area contributed by atoms with Crippen LogP contribution in [0.5, 0.6) is 5.75 Å². The molecular formula is C14H18N2O. The standard InChI is InChI=1S/C14H18N2O/c1-17-14-8-6-13(7-9-14)16-12-4-2-11(10-15)3-5-12/h6-9,11-12,16H,2-5H2,1H3. The van der Waals surface area contributed by atoms with Gasteiger partial charge in [-0.25, -0.2) is 0 Å². The summed E-state index contributed by atoms with van der Waals surface area (Å²) >= 11 is 0. The fourth-order valence-corrected chi connectivity index (χ4v) is 2.29. The maximum Gasteiger partial charge on any atom is 0.119 e. The van der Waals surface area contributed by atoms with Crippen molar-refractivity contribution in [1.29, 1.82) is 5.26 Å². The lowest BCUT2D eigenvalue weighted by atomic mass is 9.87. The molecule has 0 aliphatic heterocycles. The molecule has 3 nitrogen and oxygen atoms in total. The average molecular weight is 230 g/mol. The number of rotatable bonds is 3. The van der Waals surface area contributed by atoms with Gasteiger partial charge in [0.2, 0.25) is 0 Å². The maximum atomic E-state index is 8.84. The molecule has 90 valence electrons. The van der Waals surface area contributed by atoms with E-state index in [1.165, 1.54) is 0 Å². The van der Waals surface area contributed by atoms with Gasteiger partial charge in [0.1, 0.15) is 5.75 Å². The molecular weight excluding hydrogens is 212 g/mol. The summed E-state index contributed by atoms with van der Waals surface area (Å²) in [6.07, 6.45) is 4.21. The van der Waals surface area contributed by atoms with E-state index in [1.807, 2.05) is 24.3 Å². The molecule has 0 atom stereocenters. The van der Waals surface area contributed by atoms with Crippen LogP contribution in [0.4, 0.5) is 5.69 Å². The van der Waals surface area contributed by atoms with Gasteiger partial charge in [-0.05, 0) is 49.9 Å².